The number of aromatic nitrogens is 2. The summed E-state index contributed by atoms with van der Waals surface area (Å²) < 4.78 is 1.84. The highest BCUT2D eigenvalue weighted by Gasteiger charge is 2.22. The molecule has 7 nitrogen and oxygen atoms in total. The molecule has 0 aliphatic carbocycles. The van der Waals surface area contributed by atoms with E-state index in [0.717, 1.165) is 44.6 Å². The van der Waals surface area contributed by atoms with Crippen molar-refractivity contribution in [1.82, 2.24) is 20.0 Å². The zero-order valence-corrected chi connectivity index (χ0v) is 14.9. The molecule has 0 bridgehead atoms. The van der Waals surface area contributed by atoms with Gasteiger partial charge in [0.1, 0.15) is 0 Å². The van der Waals surface area contributed by atoms with Crippen LogP contribution in [0.2, 0.25) is 0 Å². The second kappa shape index (κ2) is 9.64. The fraction of sp³-hybridized carbons (Fsp3) is 0.765. The Morgan fingerprint density at radius 3 is 3.04 bits per heavy atom. The van der Waals surface area contributed by atoms with Gasteiger partial charge in [-0.05, 0) is 44.7 Å². The van der Waals surface area contributed by atoms with Crippen molar-refractivity contribution >= 4 is 11.7 Å². The van der Waals surface area contributed by atoms with Gasteiger partial charge in [-0.25, -0.2) is 4.79 Å². The zero-order valence-electron chi connectivity index (χ0n) is 14.9. The summed E-state index contributed by atoms with van der Waals surface area (Å²) in [5.74, 6) is 0.521. The van der Waals surface area contributed by atoms with E-state index in [0.29, 0.717) is 18.5 Å². The van der Waals surface area contributed by atoms with Crippen molar-refractivity contribution in [3.8, 4) is 0 Å². The van der Waals surface area contributed by atoms with Crippen LogP contribution in [0.4, 0.5) is 10.5 Å². The molecule has 1 aliphatic heterocycles. The van der Waals surface area contributed by atoms with Gasteiger partial charge in [0, 0.05) is 25.3 Å². The topological polar surface area (TPSA) is 82.4 Å². The molecule has 0 aromatic carbocycles. The first-order valence-corrected chi connectivity index (χ1v) is 9.00. The number of rotatable bonds is 9. The third-order valence-corrected chi connectivity index (χ3v) is 4.31. The molecule has 2 heterocycles. The van der Waals surface area contributed by atoms with Gasteiger partial charge >= 0.3 is 6.03 Å². The van der Waals surface area contributed by atoms with Crippen LogP contribution >= 0.6 is 0 Å². The molecular formula is C17H31N5O2. The average Bonchev–Trinajstić information content (AvgIpc) is 3.15. The van der Waals surface area contributed by atoms with Crippen LogP contribution in [0.15, 0.2) is 12.4 Å². The van der Waals surface area contributed by atoms with Gasteiger partial charge in [0.15, 0.2) is 0 Å². The minimum absolute atomic E-state index is 0.187. The fourth-order valence-corrected chi connectivity index (χ4v) is 3.12. The number of nitrogens with one attached hydrogen (secondary N) is 2. The molecule has 1 fully saturated rings. The number of carbonyl (C=O) groups is 1. The first-order chi connectivity index (χ1) is 11.6. The molecule has 1 aromatic rings. The Morgan fingerprint density at radius 1 is 1.46 bits per heavy atom. The number of amides is 2. The highest BCUT2D eigenvalue weighted by atomic mass is 16.3. The Balaban J connectivity index is 1.57. The quantitative estimate of drug-likeness (QED) is 0.601. The first-order valence-electron chi connectivity index (χ1n) is 9.00. The highest BCUT2D eigenvalue weighted by Crippen LogP contribution is 2.16. The Kier molecular flexibility index (Phi) is 7.52. The van der Waals surface area contributed by atoms with Crippen LogP contribution in [-0.2, 0) is 6.54 Å². The van der Waals surface area contributed by atoms with Gasteiger partial charge in [0.05, 0.1) is 18.5 Å². The van der Waals surface area contributed by atoms with Crippen molar-refractivity contribution in [2.75, 3.05) is 31.6 Å². The monoisotopic (exact) mass is 337 g/mol. The van der Waals surface area contributed by atoms with E-state index in [9.17, 15) is 9.90 Å². The van der Waals surface area contributed by atoms with Gasteiger partial charge in [0.2, 0.25) is 0 Å². The standard InChI is InChI=1S/C17H31N5O2/c1-14(2)11-22-12-15(10-19-22)20-17(24)18-7-3-4-8-21-9-5-6-16(21)13-23/h10,12,14,16,23H,3-9,11,13H2,1-2H3,(H2,18,20,24). The first kappa shape index (κ1) is 18.7. The van der Waals surface area contributed by atoms with E-state index in [-0.39, 0.29) is 12.6 Å². The van der Waals surface area contributed by atoms with Crippen LogP contribution in [0, 0.1) is 5.92 Å². The maximum Gasteiger partial charge on any atom is 0.319 e. The number of likely N-dealkylation sites (tertiary alicyclic amines) is 1. The molecule has 1 aliphatic rings. The minimum atomic E-state index is -0.187. The van der Waals surface area contributed by atoms with Crippen LogP contribution < -0.4 is 10.6 Å². The number of hydrogen-bond acceptors (Lipinski definition) is 4. The SMILES string of the molecule is CC(C)Cn1cc(NC(=O)NCCCCN2CCCC2CO)cn1. The molecule has 1 unspecified atom stereocenters. The van der Waals surface area contributed by atoms with Crippen molar-refractivity contribution in [3.05, 3.63) is 12.4 Å². The lowest BCUT2D eigenvalue weighted by atomic mass is 10.2. The van der Waals surface area contributed by atoms with E-state index in [1.807, 2.05) is 10.9 Å². The molecule has 136 valence electrons. The van der Waals surface area contributed by atoms with E-state index in [2.05, 4.69) is 34.5 Å². The third kappa shape index (κ3) is 6.13. The average molecular weight is 337 g/mol. The van der Waals surface area contributed by atoms with Crippen molar-refractivity contribution in [2.24, 2.45) is 5.92 Å². The minimum Gasteiger partial charge on any atom is -0.395 e. The maximum absolute atomic E-state index is 11.9. The van der Waals surface area contributed by atoms with Gasteiger partial charge in [0.25, 0.3) is 0 Å². The highest BCUT2D eigenvalue weighted by molar-refractivity contribution is 5.88. The lowest BCUT2D eigenvalue weighted by Gasteiger charge is -2.22. The van der Waals surface area contributed by atoms with Crippen molar-refractivity contribution in [1.29, 1.82) is 0 Å². The van der Waals surface area contributed by atoms with E-state index in [1.54, 1.807) is 6.20 Å². The normalized spacial score (nSPS) is 18.2. The number of anilines is 1. The summed E-state index contributed by atoms with van der Waals surface area (Å²) in [6.45, 7) is 8.10. The summed E-state index contributed by atoms with van der Waals surface area (Å²) in [5.41, 5.74) is 0.719. The summed E-state index contributed by atoms with van der Waals surface area (Å²) in [6.07, 6.45) is 7.77. The maximum atomic E-state index is 11.9. The molecular weight excluding hydrogens is 306 g/mol. The fourth-order valence-electron chi connectivity index (χ4n) is 3.12. The van der Waals surface area contributed by atoms with Crippen molar-refractivity contribution < 1.29 is 9.90 Å². The smallest absolute Gasteiger partial charge is 0.319 e. The van der Waals surface area contributed by atoms with Gasteiger partial charge in [-0.3, -0.25) is 9.58 Å². The number of hydrogen-bond donors (Lipinski definition) is 3. The summed E-state index contributed by atoms with van der Waals surface area (Å²) >= 11 is 0. The lowest BCUT2D eigenvalue weighted by molar-refractivity contribution is 0.157. The Labute approximate surface area is 144 Å². The van der Waals surface area contributed by atoms with E-state index < -0.39 is 0 Å². The largest absolute Gasteiger partial charge is 0.395 e. The predicted octanol–water partition coefficient (Wildman–Crippen LogP) is 1.90. The molecule has 0 radical (unpaired) electrons. The van der Waals surface area contributed by atoms with Gasteiger partial charge < -0.3 is 15.7 Å². The molecule has 24 heavy (non-hydrogen) atoms. The molecule has 2 amide bonds. The van der Waals surface area contributed by atoms with E-state index >= 15 is 0 Å². The molecule has 3 N–H and O–H groups in total. The number of nitrogens with zero attached hydrogens (tertiary/aromatic N) is 3. The van der Waals surface area contributed by atoms with Gasteiger partial charge in [-0.15, -0.1) is 0 Å². The van der Waals surface area contributed by atoms with Crippen LogP contribution in [-0.4, -0.2) is 58.1 Å². The molecule has 0 saturated carbocycles. The van der Waals surface area contributed by atoms with Gasteiger partial charge in [-0.2, -0.15) is 5.10 Å². The lowest BCUT2D eigenvalue weighted by Crippen LogP contribution is -2.34. The second-order valence-corrected chi connectivity index (χ2v) is 6.95. The Morgan fingerprint density at radius 2 is 2.29 bits per heavy atom. The van der Waals surface area contributed by atoms with Crippen LogP contribution in [0.1, 0.15) is 39.5 Å². The number of carbonyl (C=O) groups excluding carboxylic acids is 1. The van der Waals surface area contributed by atoms with Crippen molar-refractivity contribution in [2.45, 2.75) is 52.1 Å². The Hall–Kier alpha value is -1.60. The molecule has 1 saturated heterocycles. The molecule has 7 heteroatoms. The molecule has 1 aromatic heterocycles. The Bertz CT molecular complexity index is 503. The molecule has 1 atom stereocenters. The predicted molar refractivity (Wildman–Crippen MR) is 95.0 cm³/mol. The number of urea groups is 1. The summed E-state index contributed by atoms with van der Waals surface area (Å²) in [6, 6.07) is 0.150. The zero-order chi connectivity index (χ0) is 17.4. The van der Waals surface area contributed by atoms with E-state index in [1.165, 1.54) is 6.42 Å². The number of aliphatic hydroxyl groups excluding tert-OH is 1. The van der Waals surface area contributed by atoms with Crippen LogP contribution in [0.3, 0.4) is 0 Å². The molecule has 2 rings (SSSR count). The van der Waals surface area contributed by atoms with Crippen LogP contribution in [0.5, 0.6) is 0 Å². The van der Waals surface area contributed by atoms with Gasteiger partial charge in [-0.1, -0.05) is 13.8 Å². The second-order valence-electron chi connectivity index (χ2n) is 6.95. The number of unbranched alkanes of at least 4 members (excludes halogenated alkanes) is 1. The van der Waals surface area contributed by atoms with E-state index in [4.69, 9.17) is 0 Å². The summed E-state index contributed by atoms with van der Waals surface area (Å²) in [5, 5.41) is 19.2. The third-order valence-electron chi connectivity index (χ3n) is 4.31. The molecule has 0 spiro atoms. The van der Waals surface area contributed by atoms with Crippen LogP contribution in [0.25, 0.3) is 0 Å². The van der Waals surface area contributed by atoms with Crippen molar-refractivity contribution in [3.63, 3.8) is 0 Å². The summed E-state index contributed by atoms with van der Waals surface area (Å²) in [4.78, 5) is 14.2. The summed E-state index contributed by atoms with van der Waals surface area (Å²) in [7, 11) is 0. The number of aliphatic hydroxyl groups is 1.